The molecule has 0 fully saturated rings. The molecule has 0 amide bonds. The van der Waals surface area contributed by atoms with Gasteiger partial charge in [-0.1, -0.05) is 97.1 Å². The van der Waals surface area contributed by atoms with Crippen molar-refractivity contribution in [2.45, 2.75) is 24.3 Å². The number of aromatic nitrogens is 1. The van der Waals surface area contributed by atoms with Crippen molar-refractivity contribution in [2.24, 2.45) is 0 Å². The Morgan fingerprint density at radius 2 is 1.33 bits per heavy atom. The molecule has 0 saturated heterocycles. The molecule has 5 aromatic rings. The molecule has 0 saturated carbocycles. The number of nitrogens with one attached hydrogen (secondary N) is 1. The SMILES string of the molecule is c1ccc([C@@H]2c3ccccc3N3CCc4c([nH]c5ccccc45)[C@@H]3[C@H]2c2ccccc2)cc1. The summed E-state index contributed by atoms with van der Waals surface area (Å²) < 4.78 is 0. The largest absolute Gasteiger partial charge is 0.362 e. The minimum atomic E-state index is 0.267. The summed E-state index contributed by atoms with van der Waals surface area (Å²) >= 11 is 0. The molecule has 33 heavy (non-hydrogen) atoms. The molecule has 160 valence electrons. The van der Waals surface area contributed by atoms with Crippen LogP contribution in [0.5, 0.6) is 0 Å². The van der Waals surface area contributed by atoms with Gasteiger partial charge in [-0.15, -0.1) is 0 Å². The number of rotatable bonds is 2. The highest BCUT2D eigenvalue weighted by Gasteiger charge is 2.46. The molecular weight excluding hydrogens is 400 g/mol. The van der Waals surface area contributed by atoms with E-state index in [2.05, 4.69) is 119 Å². The molecule has 3 atom stereocenters. The third-order valence-corrected chi connectivity index (χ3v) is 7.70. The molecule has 0 unspecified atom stereocenters. The molecule has 0 spiro atoms. The van der Waals surface area contributed by atoms with E-state index in [9.17, 15) is 0 Å². The van der Waals surface area contributed by atoms with Crippen molar-refractivity contribution >= 4 is 16.6 Å². The molecule has 7 rings (SSSR count). The number of H-pyrrole nitrogens is 1. The quantitative estimate of drug-likeness (QED) is 0.316. The highest BCUT2D eigenvalue weighted by atomic mass is 15.2. The summed E-state index contributed by atoms with van der Waals surface area (Å²) in [4.78, 5) is 6.55. The van der Waals surface area contributed by atoms with Crippen LogP contribution in [0.15, 0.2) is 109 Å². The van der Waals surface area contributed by atoms with Crippen molar-refractivity contribution in [3.63, 3.8) is 0 Å². The van der Waals surface area contributed by atoms with Gasteiger partial charge in [-0.25, -0.2) is 0 Å². The van der Waals surface area contributed by atoms with Crippen LogP contribution in [-0.2, 0) is 6.42 Å². The van der Waals surface area contributed by atoms with E-state index in [1.54, 1.807) is 0 Å². The summed E-state index contributed by atoms with van der Waals surface area (Å²) in [6, 6.07) is 40.4. The van der Waals surface area contributed by atoms with Gasteiger partial charge in [0, 0.05) is 40.7 Å². The summed E-state index contributed by atoms with van der Waals surface area (Å²) in [7, 11) is 0. The first kappa shape index (κ1) is 18.8. The lowest BCUT2D eigenvalue weighted by Gasteiger charge is -2.50. The van der Waals surface area contributed by atoms with Gasteiger partial charge in [0.15, 0.2) is 0 Å². The molecule has 1 aromatic heterocycles. The highest BCUT2D eigenvalue weighted by Crippen LogP contribution is 2.57. The molecular formula is C31H26N2. The maximum absolute atomic E-state index is 3.88. The van der Waals surface area contributed by atoms with E-state index in [0.717, 1.165) is 13.0 Å². The topological polar surface area (TPSA) is 19.0 Å². The first-order valence-corrected chi connectivity index (χ1v) is 11.9. The number of hydrogen-bond acceptors (Lipinski definition) is 1. The van der Waals surface area contributed by atoms with Gasteiger partial charge in [0.2, 0.25) is 0 Å². The smallest absolute Gasteiger partial charge is 0.0772 e. The van der Waals surface area contributed by atoms with Gasteiger partial charge in [0.1, 0.15) is 0 Å². The average Bonchev–Trinajstić information content (AvgIpc) is 3.28. The van der Waals surface area contributed by atoms with Crippen molar-refractivity contribution in [1.82, 2.24) is 4.98 Å². The zero-order chi connectivity index (χ0) is 21.8. The lowest BCUT2D eigenvalue weighted by Crippen LogP contribution is -2.44. The first-order valence-electron chi connectivity index (χ1n) is 11.9. The van der Waals surface area contributed by atoms with Gasteiger partial charge in [-0.05, 0) is 40.8 Å². The second-order valence-corrected chi connectivity index (χ2v) is 9.33. The second-order valence-electron chi connectivity index (χ2n) is 9.33. The zero-order valence-electron chi connectivity index (χ0n) is 18.5. The van der Waals surface area contributed by atoms with Crippen LogP contribution >= 0.6 is 0 Å². The number of aromatic amines is 1. The Morgan fingerprint density at radius 1 is 0.667 bits per heavy atom. The van der Waals surface area contributed by atoms with E-state index in [1.165, 1.54) is 44.5 Å². The minimum absolute atomic E-state index is 0.267. The minimum Gasteiger partial charge on any atom is -0.362 e. The number of hydrogen-bond donors (Lipinski definition) is 1. The maximum atomic E-state index is 3.88. The molecule has 3 heterocycles. The first-order chi connectivity index (χ1) is 16.4. The number of para-hydroxylation sites is 2. The molecule has 2 aliphatic rings. The van der Waals surface area contributed by atoms with E-state index in [-0.39, 0.29) is 6.04 Å². The van der Waals surface area contributed by atoms with Crippen molar-refractivity contribution in [1.29, 1.82) is 0 Å². The molecule has 1 N–H and O–H groups in total. The number of anilines is 1. The Bertz CT molecular complexity index is 1430. The van der Waals surface area contributed by atoms with E-state index in [0.29, 0.717) is 11.8 Å². The normalized spacial score (nSPS) is 21.3. The second kappa shape index (κ2) is 7.38. The fourth-order valence-electron chi connectivity index (χ4n) is 6.40. The van der Waals surface area contributed by atoms with Crippen molar-refractivity contribution < 1.29 is 0 Å². The van der Waals surface area contributed by atoms with Gasteiger partial charge >= 0.3 is 0 Å². The van der Waals surface area contributed by atoms with E-state index < -0.39 is 0 Å². The third kappa shape index (κ3) is 2.80. The summed E-state index contributed by atoms with van der Waals surface area (Å²) in [5.74, 6) is 0.610. The Kier molecular flexibility index (Phi) is 4.20. The molecule has 0 radical (unpaired) electrons. The third-order valence-electron chi connectivity index (χ3n) is 7.70. The van der Waals surface area contributed by atoms with Crippen LogP contribution in [-0.4, -0.2) is 11.5 Å². The van der Waals surface area contributed by atoms with E-state index in [1.807, 2.05) is 0 Å². The average molecular weight is 427 g/mol. The van der Waals surface area contributed by atoms with Crippen LogP contribution in [0.1, 0.15) is 45.8 Å². The fraction of sp³-hybridized carbons (Fsp3) is 0.161. The van der Waals surface area contributed by atoms with Gasteiger partial charge in [-0.3, -0.25) is 0 Å². The maximum Gasteiger partial charge on any atom is 0.0772 e. The molecule has 4 aromatic carbocycles. The molecule has 0 bridgehead atoms. The van der Waals surface area contributed by atoms with E-state index >= 15 is 0 Å². The number of benzene rings is 4. The standard InChI is InChI=1S/C31H26N2/c1-3-11-21(12-4-1)28-25-16-8-10-18-27(25)33-20-19-24-23-15-7-9-17-26(23)32-30(24)31(33)29(28)22-13-5-2-6-14-22/h1-18,28-29,31-32H,19-20H2/t28-,29+,31+/m1/s1. The Hall–Kier alpha value is -3.78. The molecule has 2 aliphatic heterocycles. The van der Waals surface area contributed by atoms with Crippen molar-refractivity contribution in [2.75, 3.05) is 11.4 Å². The van der Waals surface area contributed by atoms with Crippen LogP contribution in [0.2, 0.25) is 0 Å². The van der Waals surface area contributed by atoms with Gasteiger partial charge in [0.25, 0.3) is 0 Å². The summed E-state index contributed by atoms with van der Waals surface area (Å²) in [6.45, 7) is 1.04. The van der Waals surface area contributed by atoms with Crippen molar-refractivity contribution in [3.05, 3.63) is 137 Å². The Balaban J connectivity index is 1.54. The van der Waals surface area contributed by atoms with Crippen LogP contribution in [0.25, 0.3) is 10.9 Å². The summed E-state index contributed by atoms with van der Waals surface area (Å²) in [6.07, 6.45) is 1.07. The van der Waals surface area contributed by atoms with Gasteiger partial charge < -0.3 is 9.88 Å². The van der Waals surface area contributed by atoms with Crippen LogP contribution in [0.4, 0.5) is 5.69 Å². The van der Waals surface area contributed by atoms with Crippen LogP contribution < -0.4 is 4.90 Å². The Morgan fingerprint density at radius 3 is 2.15 bits per heavy atom. The summed E-state index contributed by atoms with van der Waals surface area (Å²) in [5.41, 5.74) is 9.77. The van der Waals surface area contributed by atoms with Crippen LogP contribution in [0.3, 0.4) is 0 Å². The highest BCUT2D eigenvalue weighted by molar-refractivity contribution is 5.86. The lowest BCUT2D eigenvalue weighted by molar-refractivity contribution is 0.420. The van der Waals surface area contributed by atoms with Gasteiger partial charge in [0.05, 0.1) is 6.04 Å². The van der Waals surface area contributed by atoms with Crippen LogP contribution in [0, 0.1) is 0 Å². The summed E-state index contributed by atoms with van der Waals surface area (Å²) in [5, 5.41) is 1.38. The van der Waals surface area contributed by atoms with Crippen molar-refractivity contribution in [3.8, 4) is 0 Å². The lowest BCUT2D eigenvalue weighted by atomic mass is 9.68. The zero-order valence-corrected chi connectivity index (χ0v) is 18.5. The predicted molar refractivity (Wildman–Crippen MR) is 136 cm³/mol. The van der Waals surface area contributed by atoms with E-state index in [4.69, 9.17) is 0 Å². The van der Waals surface area contributed by atoms with Gasteiger partial charge in [-0.2, -0.15) is 0 Å². The monoisotopic (exact) mass is 426 g/mol. The molecule has 0 aliphatic carbocycles. The fourth-order valence-corrected chi connectivity index (χ4v) is 6.40. The molecule has 2 heteroatoms. The molecule has 2 nitrogen and oxygen atoms in total. The number of fused-ring (bicyclic) bond motifs is 7. The Labute approximate surface area is 194 Å². The predicted octanol–water partition coefficient (Wildman–Crippen LogP) is 7.20. The number of nitrogens with zero attached hydrogens (tertiary/aromatic N) is 1.